The van der Waals surface area contributed by atoms with Crippen molar-refractivity contribution >= 4 is 40.1 Å². The maximum Gasteiger partial charge on any atom is 0.256 e. The van der Waals surface area contributed by atoms with E-state index in [1.54, 1.807) is 0 Å². The number of nitrogens with zero attached hydrogens (tertiary/aromatic N) is 3. The van der Waals surface area contributed by atoms with Gasteiger partial charge in [-0.25, -0.2) is 0 Å². The Bertz CT molecular complexity index is 601. The van der Waals surface area contributed by atoms with E-state index in [0.29, 0.717) is 10.8 Å². The Kier molecular flexibility index (Phi) is 7.47. The Hall–Kier alpha value is -2.00. The fourth-order valence-electron chi connectivity index (χ4n) is 1.76. The number of phenols is 1. The van der Waals surface area contributed by atoms with Crippen LogP contribution in [0.15, 0.2) is 23.3 Å². The molecule has 0 saturated heterocycles. The molecule has 118 valence electrons. The summed E-state index contributed by atoms with van der Waals surface area (Å²) in [5.41, 5.74) is 8.58. The molecule has 1 rings (SSSR count). The molecule has 0 saturated carbocycles. The molecule has 0 aliphatic heterocycles. The van der Waals surface area contributed by atoms with Crippen molar-refractivity contribution in [3.05, 3.63) is 34.2 Å². The van der Waals surface area contributed by atoms with Gasteiger partial charge in [0.25, 0.3) is 5.91 Å². The molecule has 0 aromatic heterocycles. The zero-order chi connectivity index (χ0) is 16.5. The molecule has 0 aliphatic carbocycles. The van der Waals surface area contributed by atoms with Gasteiger partial charge in [-0.1, -0.05) is 47.1 Å². The number of carbonyl (C=O) groups excluding carboxylic acids is 2. The van der Waals surface area contributed by atoms with Crippen LogP contribution >= 0.6 is 22.6 Å². The number of benzene rings is 1. The summed E-state index contributed by atoms with van der Waals surface area (Å²) in [7, 11) is 0. The molecule has 8 nitrogen and oxygen atoms in total. The van der Waals surface area contributed by atoms with Gasteiger partial charge in [0.15, 0.2) is 0 Å². The minimum atomic E-state index is -0.516. The number of carbonyl (C=O) groups is 2. The lowest BCUT2D eigenvalue weighted by atomic mass is 10.1. The predicted octanol–water partition coefficient (Wildman–Crippen LogP) is 2.74. The van der Waals surface area contributed by atoms with Crippen LogP contribution in [0.5, 0.6) is 5.75 Å². The SMILES string of the molecule is CCCC(NC(=O)CI)NC(=O)c1ccc(N=[N+]=[N-])cc1O. The Morgan fingerprint density at radius 3 is 2.73 bits per heavy atom. The van der Waals surface area contributed by atoms with Crippen molar-refractivity contribution in [3.8, 4) is 5.75 Å². The van der Waals surface area contributed by atoms with Crippen molar-refractivity contribution < 1.29 is 14.7 Å². The number of amides is 2. The molecule has 0 fully saturated rings. The normalized spacial score (nSPS) is 11.2. The summed E-state index contributed by atoms with van der Waals surface area (Å²) < 4.78 is 0.292. The zero-order valence-corrected chi connectivity index (χ0v) is 14.1. The lowest BCUT2D eigenvalue weighted by Gasteiger charge is -2.19. The van der Waals surface area contributed by atoms with Crippen molar-refractivity contribution in [2.75, 3.05) is 4.43 Å². The Morgan fingerprint density at radius 2 is 2.18 bits per heavy atom. The number of rotatable bonds is 7. The molecule has 1 atom stereocenters. The molecule has 0 aliphatic rings. The summed E-state index contributed by atoms with van der Waals surface area (Å²) in [6, 6.07) is 3.98. The molecule has 2 amide bonds. The van der Waals surface area contributed by atoms with E-state index in [-0.39, 0.29) is 22.9 Å². The summed E-state index contributed by atoms with van der Waals surface area (Å²) in [6.07, 6.45) is 0.843. The average Bonchev–Trinajstić information content (AvgIpc) is 2.47. The van der Waals surface area contributed by atoms with Gasteiger partial charge in [-0.15, -0.1) is 0 Å². The Labute approximate surface area is 141 Å². The first-order valence-corrected chi connectivity index (χ1v) is 8.08. The summed E-state index contributed by atoms with van der Waals surface area (Å²) >= 11 is 1.93. The number of hydrogen-bond donors (Lipinski definition) is 3. The van der Waals surface area contributed by atoms with Crippen LogP contribution in [0, 0.1) is 0 Å². The van der Waals surface area contributed by atoms with Crippen LogP contribution in [-0.2, 0) is 4.79 Å². The highest BCUT2D eigenvalue weighted by Gasteiger charge is 2.17. The van der Waals surface area contributed by atoms with Gasteiger partial charge in [-0.2, -0.15) is 0 Å². The first kappa shape index (κ1) is 18.1. The second-order valence-corrected chi connectivity index (χ2v) is 5.17. The number of halogens is 1. The largest absolute Gasteiger partial charge is 0.507 e. The molecule has 1 unspecified atom stereocenters. The molecule has 1 aromatic rings. The van der Waals surface area contributed by atoms with Gasteiger partial charge in [0.1, 0.15) is 11.9 Å². The maximum atomic E-state index is 12.2. The van der Waals surface area contributed by atoms with Gasteiger partial charge in [0.05, 0.1) is 9.99 Å². The monoisotopic (exact) mass is 417 g/mol. The number of phenolic OH excluding ortho intramolecular Hbond substituents is 1. The minimum Gasteiger partial charge on any atom is -0.507 e. The van der Waals surface area contributed by atoms with Gasteiger partial charge >= 0.3 is 0 Å². The lowest BCUT2D eigenvalue weighted by Crippen LogP contribution is -2.48. The second-order valence-electron chi connectivity index (χ2n) is 4.41. The highest BCUT2D eigenvalue weighted by atomic mass is 127. The van der Waals surface area contributed by atoms with Crippen molar-refractivity contribution in [1.29, 1.82) is 0 Å². The summed E-state index contributed by atoms with van der Waals surface area (Å²) in [6.45, 7) is 1.93. The molecule has 1 aromatic carbocycles. The first-order chi connectivity index (χ1) is 10.5. The van der Waals surface area contributed by atoms with E-state index in [1.165, 1.54) is 18.2 Å². The van der Waals surface area contributed by atoms with Crippen LogP contribution in [0.1, 0.15) is 30.1 Å². The Morgan fingerprint density at radius 1 is 1.45 bits per heavy atom. The molecule has 9 heteroatoms. The maximum absolute atomic E-state index is 12.2. The number of azide groups is 1. The van der Waals surface area contributed by atoms with Crippen molar-refractivity contribution in [3.63, 3.8) is 0 Å². The van der Waals surface area contributed by atoms with Crippen LogP contribution in [-0.4, -0.2) is 27.5 Å². The summed E-state index contributed by atoms with van der Waals surface area (Å²) in [4.78, 5) is 26.2. The molecule has 22 heavy (non-hydrogen) atoms. The van der Waals surface area contributed by atoms with E-state index >= 15 is 0 Å². The minimum absolute atomic E-state index is 0.0433. The Balaban J connectivity index is 2.85. The number of nitrogens with one attached hydrogen (secondary N) is 2. The van der Waals surface area contributed by atoms with Crippen LogP contribution in [0.25, 0.3) is 10.4 Å². The first-order valence-electron chi connectivity index (χ1n) is 6.56. The standard InChI is InChI=1S/C13H16IN5O3/c1-2-3-11(16-12(21)7-14)17-13(22)9-5-4-8(18-19-15)6-10(9)20/h4-6,11,20H,2-3,7H2,1H3,(H,16,21)(H,17,22). The fraction of sp³-hybridized carbons (Fsp3) is 0.385. The highest BCUT2D eigenvalue weighted by molar-refractivity contribution is 14.1. The molecular formula is C13H16IN5O3. The van der Waals surface area contributed by atoms with Crippen LogP contribution in [0.3, 0.4) is 0 Å². The van der Waals surface area contributed by atoms with Crippen molar-refractivity contribution in [1.82, 2.24) is 10.6 Å². The fourth-order valence-corrected chi connectivity index (χ4v) is 1.98. The smallest absolute Gasteiger partial charge is 0.256 e. The lowest BCUT2D eigenvalue weighted by molar-refractivity contribution is -0.119. The van der Waals surface area contributed by atoms with E-state index in [0.717, 1.165) is 6.42 Å². The summed E-state index contributed by atoms with van der Waals surface area (Å²) in [5.74, 6) is -0.989. The third kappa shape index (κ3) is 5.41. The van der Waals surface area contributed by atoms with Gasteiger partial charge in [0, 0.05) is 10.6 Å². The summed E-state index contributed by atoms with van der Waals surface area (Å²) in [5, 5.41) is 18.5. The number of hydrogen-bond acceptors (Lipinski definition) is 4. The van der Waals surface area contributed by atoms with Crippen LogP contribution in [0.4, 0.5) is 5.69 Å². The molecule has 0 spiro atoms. The van der Waals surface area contributed by atoms with E-state index in [2.05, 4.69) is 20.7 Å². The molecule has 0 bridgehead atoms. The zero-order valence-electron chi connectivity index (χ0n) is 11.9. The van der Waals surface area contributed by atoms with E-state index in [4.69, 9.17) is 5.53 Å². The van der Waals surface area contributed by atoms with Gasteiger partial charge in [-0.3, -0.25) is 9.59 Å². The molecular weight excluding hydrogens is 401 g/mol. The predicted molar refractivity (Wildman–Crippen MR) is 90.1 cm³/mol. The highest BCUT2D eigenvalue weighted by Crippen LogP contribution is 2.24. The van der Waals surface area contributed by atoms with E-state index in [1.807, 2.05) is 29.5 Å². The van der Waals surface area contributed by atoms with Crippen molar-refractivity contribution in [2.45, 2.75) is 25.9 Å². The number of alkyl halides is 1. The van der Waals surface area contributed by atoms with Crippen molar-refractivity contribution in [2.24, 2.45) is 5.11 Å². The number of aromatic hydroxyl groups is 1. The van der Waals surface area contributed by atoms with E-state index < -0.39 is 12.1 Å². The van der Waals surface area contributed by atoms with Gasteiger partial charge in [-0.05, 0) is 24.1 Å². The average molecular weight is 417 g/mol. The quantitative estimate of drug-likeness (QED) is 0.158. The third-order valence-corrected chi connectivity index (χ3v) is 3.42. The molecule has 0 radical (unpaired) electrons. The second kappa shape index (κ2) is 9.11. The molecule has 3 N–H and O–H groups in total. The van der Waals surface area contributed by atoms with Crippen LogP contribution in [0.2, 0.25) is 0 Å². The topological polar surface area (TPSA) is 127 Å². The third-order valence-electron chi connectivity index (χ3n) is 2.73. The van der Waals surface area contributed by atoms with Gasteiger partial charge < -0.3 is 15.7 Å². The van der Waals surface area contributed by atoms with E-state index in [9.17, 15) is 14.7 Å². The molecule has 0 heterocycles. The van der Waals surface area contributed by atoms with Crippen LogP contribution < -0.4 is 10.6 Å². The van der Waals surface area contributed by atoms with Gasteiger partial charge in [0.2, 0.25) is 5.91 Å².